The fraction of sp³-hybridized carbons (Fsp3) is 0.538. The highest BCUT2D eigenvalue weighted by molar-refractivity contribution is 5.55. The molecular formula is C13H18N2O4. The fourth-order valence-corrected chi connectivity index (χ4v) is 2.44. The predicted octanol–water partition coefficient (Wildman–Crippen LogP) is 1.70. The van der Waals surface area contributed by atoms with E-state index in [1.165, 1.54) is 6.07 Å². The summed E-state index contributed by atoms with van der Waals surface area (Å²) in [4.78, 5) is 12.5. The molecule has 0 spiro atoms. The van der Waals surface area contributed by atoms with E-state index >= 15 is 0 Å². The minimum atomic E-state index is -0.469. The summed E-state index contributed by atoms with van der Waals surface area (Å²) in [6.07, 6.45) is 2.26. The standard InChI is InChI=1S/C13H18N2O4/c1-19-12-3-2-6-14(8-12)11-4-5-13(15(17)18)10(7-11)9-16/h4-5,7,12,16H,2-3,6,8-9H2,1H3. The summed E-state index contributed by atoms with van der Waals surface area (Å²) < 4.78 is 5.36. The molecule has 1 unspecified atom stereocenters. The molecule has 2 rings (SSSR count). The summed E-state index contributed by atoms with van der Waals surface area (Å²) in [6.45, 7) is 1.35. The number of hydrogen-bond donors (Lipinski definition) is 1. The highest BCUT2D eigenvalue weighted by Crippen LogP contribution is 2.27. The number of nitro benzene ring substituents is 1. The van der Waals surface area contributed by atoms with Crippen LogP contribution in [0.2, 0.25) is 0 Å². The van der Waals surface area contributed by atoms with Gasteiger partial charge in [0.15, 0.2) is 0 Å². The van der Waals surface area contributed by atoms with E-state index in [9.17, 15) is 15.2 Å². The van der Waals surface area contributed by atoms with Crippen LogP contribution in [-0.4, -0.2) is 36.3 Å². The first-order valence-electron chi connectivity index (χ1n) is 6.31. The highest BCUT2D eigenvalue weighted by Gasteiger charge is 2.21. The van der Waals surface area contributed by atoms with Gasteiger partial charge in [0.25, 0.3) is 5.69 Å². The Bertz CT molecular complexity index is 464. The molecule has 0 aliphatic carbocycles. The average molecular weight is 266 g/mol. The Hall–Kier alpha value is -1.66. The second kappa shape index (κ2) is 5.99. The first-order chi connectivity index (χ1) is 9.15. The summed E-state index contributed by atoms with van der Waals surface area (Å²) in [7, 11) is 1.70. The largest absolute Gasteiger partial charge is 0.391 e. The molecule has 104 valence electrons. The summed E-state index contributed by atoms with van der Waals surface area (Å²) in [5, 5.41) is 20.1. The number of ether oxygens (including phenoxy) is 1. The van der Waals surface area contributed by atoms with Crippen molar-refractivity contribution in [3.05, 3.63) is 33.9 Å². The zero-order valence-electron chi connectivity index (χ0n) is 10.9. The molecule has 1 aliphatic heterocycles. The molecule has 6 heteroatoms. The lowest BCUT2D eigenvalue weighted by Crippen LogP contribution is -2.39. The lowest BCUT2D eigenvalue weighted by atomic mass is 10.1. The lowest BCUT2D eigenvalue weighted by molar-refractivity contribution is -0.385. The van der Waals surface area contributed by atoms with Gasteiger partial charge in [-0.25, -0.2) is 0 Å². The second-order valence-electron chi connectivity index (χ2n) is 4.67. The number of nitro groups is 1. The maximum Gasteiger partial charge on any atom is 0.275 e. The molecule has 1 N–H and O–H groups in total. The summed E-state index contributed by atoms with van der Waals surface area (Å²) in [6, 6.07) is 4.88. The molecule has 1 fully saturated rings. The normalized spacial score (nSPS) is 19.5. The van der Waals surface area contributed by atoms with E-state index in [1.54, 1.807) is 19.2 Å². The van der Waals surface area contributed by atoms with Crippen LogP contribution in [-0.2, 0) is 11.3 Å². The molecule has 1 aromatic carbocycles. The minimum Gasteiger partial charge on any atom is -0.391 e. The number of anilines is 1. The van der Waals surface area contributed by atoms with Crippen LogP contribution in [0.3, 0.4) is 0 Å². The molecule has 0 amide bonds. The Labute approximate surface area is 111 Å². The molecule has 0 radical (unpaired) electrons. The molecule has 1 heterocycles. The van der Waals surface area contributed by atoms with Crippen LogP contribution >= 0.6 is 0 Å². The van der Waals surface area contributed by atoms with Crippen LogP contribution in [0.5, 0.6) is 0 Å². The van der Waals surface area contributed by atoms with E-state index in [0.29, 0.717) is 5.56 Å². The Morgan fingerprint density at radius 1 is 1.58 bits per heavy atom. The van der Waals surface area contributed by atoms with Gasteiger partial charge in [-0.3, -0.25) is 10.1 Å². The van der Waals surface area contributed by atoms with Gasteiger partial charge in [0.1, 0.15) is 0 Å². The van der Waals surface area contributed by atoms with Crippen molar-refractivity contribution < 1.29 is 14.8 Å². The Morgan fingerprint density at radius 3 is 3.00 bits per heavy atom. The molecule has 0 aromatic heterocycles. The van der Waals surface area contributed by atoms with E-state index in [1.807, 2.05) is 0 Å². The van der Waals surface area contributed by atoms with Crippen LogP contribution in [0.1, 0.15) is 18.4 Å². The first kappa shape index (κ1) is 13.8. The van der Waals surface area contributed by atoms with Gasteiger partial charge in [-0.05, 0) is 25.0 Å². The fourth-order valence-electron chi connectivity index (χ4n) is 2.44. The Morgan fingerprint density at radius 2 is 2.37 bits per heavy atom. The van der Waals surface area contributed by atoms with Crippen molar-refractivity contribution in [1.29, 1.82) is 0 Å². The van der Waals surface area contributed by atoms with Crippen molar-refractivity contribution in [2.45, 2.75) is 25.6 Å². The van der Waals surface area contributed by atoms with Crippen LogP contribution < -0.4 is 4.90 Å². The number of hydrogen-bond acceptors (Lipinski definition) is 5. The summed E-state index contributed by atoms with van der Waals surface area (Å²) >= 11 is 0. The monoisotopic (exact) mass is 266 g/mol. The van der Waals surface area contributed by atoms with Gasteiger partial charge in [-0.2, -0.15) is 0 Å². The van der Waals surface area contributed by atoms with E-state index in [0.717, 1.165) is 31.6 Å². The molecule has 1 aliphatic rings. The molecule has 1 atom stereocenters. The quantitative estimate of drug-likeness (QED) is 0.663. The third-order valence-corrected chi connectivity index (χ3v) is 3.51. The molecule has 6 nitrogen and oxygen atoms in total. The van der Waals surface area contributed by atoms with Crippen LogP contribution in [0.25, 0.3) is 0 Å². The number of aliphatic hydroxyl groups excluding tert-OH is 1. The van der Waals surface area contributed by atoms with Gasteiger partial charge < -0.3 is 14.7 Å². The van der Waals surface area contributed by atoms with Crippen molar-refractivity contribution in [3.8, 4) is 0 Å². The van der Waals surface area contributed by atoms with Crippen molar-refractivity contribution in [1.82, 2.24) is 0 Å². The molecule has 0 bridgehead atoms. The molecule has 0 saturated carbocycles. The highest BCUT2D eigenvalue weighted by atomic mass is 16.6. The summed E-state index contributed by atoms with van der Waals surface area (Å²) in [5.41, 5.74) is 1.21. The van der Waals surface area contributed by atoms with Crippen molar-refractivity contribution in [2.75, 3.05) is 25.1 Å². The molecule has 1 aromatic rings. The van der Waals surface area contributed by atoms with Crippen molar-refractivity contribution in [2.24, 2.45) is 0 Å². The number of methoxy groups -OCH3 is 1. The third-order valence-electron chi connectivity index (χ3n) is 3.51. The van der Waals surface area contributed by atoms with Gasteiger partial charge in [-0.15, -0.1) is 0 Å². The number of nitrogens with zero attached hydrogens (tertiary/aromatic N) is 2. The van der Waals surface area contributed by atoms with Crippen LogP contribution in [0.15, 0.2) is 18.2 Å². The zero-order chi connectivity index (χ0) is 13.8. The average Bonchev–Trinajstić information content (AvgIpc) is 2.46. The van der Waals surface area contributed by atoms with Gasteiger partial charge in [0.05, 0.1) is 23.2 Å². The topological polar surface area (TPSA) is 75.8 Å². The van der Waals surface area contributed by atoms with E-state index in [4.69, 9.17) is 4.74 Å². The molecule has 1 saturated heterocycles. The number of aliphatic hydroxyl groups is 1. The van der Waals surface area contributed by atoms with Crippen LogP contribution in [0.4, 0.5) is 11.4 Å². The second-order valence-corrected chi connectivity index (χ2v) is 4.67. The predicted molar refractivity (Wildman–Crippen MR) is 71.3 cm³/mol. The zero-order valence-corrected chi connectivity index (χ0v) is 10.9. The van der Waals surface area contributed by atoms with E-state index in [2.05, 4.69) is 4.90 Å². The maximum atomic E-state index is 10.8. The minimum absolute atomic E-state index is 0.0356. The summed E-state index contributed by atoms with van der Waals surface area (Å²) in [5.74, 6) is 0. The molecule has 19 heavy (non-hydrogen) atoms. The Kier molecular flexibility index (Phi) is 4.34. The number of benzene rings is 1. The van der Waals surface area contributed by atoms with Gasteiger partial charge in [0.2, 0.25) is 0 Å². The van der Waals surface area contributed by atoms with Gasteiger partial charge >= 0.3 is 0 Å². The third kappa shape index (κ3) is 3.02. The number of rotatable bonds is 4. The number of piperidine rings is 1. The SMILES string of the molecule is COC1CCCN(c2ccc([N+](=O)[O-])c(CO)c2)C1. The van der Waals surface area contributed by atoms with Crippen LogP contribution in [0, 0.1) is 10.1 Å². The first-order valence-corrected chi connectivity index (χ1v) is 6.31. The van der Waals surface area contributed by atoms with E-state index < -0.39 is 4.92 Å². The lowest BCUT2D eigenvalue weighted by Gasteiger charge is -2.33. The Balaban J connectivity index is 2.23. The van der Waals surface area contributed by atoms with Gasteiger partial charge in [0, 0.05) is 32.0 Å². The molecular weight excluding hydrogens is 248 g/mol. The van der Waals surface area contributed by atoms with E-state index in [-0.39, 0.29) is 18.4 Å². The van der Waals surface area contributed by atoms with Crippen molar-refractivity contribution >= 4 is 11.4 Å². The van der Waals surface area contributed by atoms with Gasteiger partial charge in [-0.1, -0.05) is 0 Å². The maximum absolute atomic E-state index is 10.8. The smallest absolute Gasteiger partial charge is 0.275 e. The van der Waals surface area contributed by atoms with Crippen molar-refractivity contribution in [3.63, 3.8) is 0 Å².